The van der Waals surface area contributed by atoms with Gasteiger partial charge in [0.25, 0.3) is 0 Å². The highest BCUT2D eigenvalue weighted by atomic mass is 79.9. The van der Waals surface area contributed by atoms with Crippen molar-refractivity contribution in [1.29, 1.82) is 0 Å². The normalized spacial score (nSPS) is 18.1. The third kappa shape index (κ3) is 1.91. The second kappa shape index (κ2) is 4.07. The Bertz CT molecular complexity index is 574. The van der Waals surface area contributed by atoms with Crippen LogP contribution >= 0.6 is 15.9 Å². The van der Waals surface area contributed by atoms with Crippen molar-refractivity contribution in [2.75, 3.05) is 0 Å². The molecule has 0 amide bonds. The molecule has 1 aliphatic rings. The molecule has 0 saturated heterocycles. The molecule has 0 fully saturated rings. The van der Waals surface area contributed by atoms with Crippen LogP contribution < -0.4 is 0 Å². The molecule has 86 valence electrons. The van der Waals surface area contributed by atoms with Crippen LogP contribution in [0.25, 0.3) is 0 Å². The van der Waals surface area contributed by atoms with Crippen LogP contribution in [0.1, 0.15) is 17.3 Å². The molecule has 3 rings (SSSR count). The topological polar surface area (TPSA) is 30.2 Å². The number of fused-ring (bicyclic) bond motifs is 1. The number of halogens is 2. The summed E-state index contributed by atoms with van der Waals surface area (Å²) < 4.78 is 15.5. The first-order valence-corrected chi connectivity index (χ1v) is 6.05. The van der Waals surface area contributed by atoms with E-state index in [0.29, 0.717) is 0 Å². The van der Waals surface area contributed by atoms with E-state index in [2.05, 4.69) is 26.0 Å². The highest BCUT2D eigenvalue weighted by Crippen LogP contribution is 2.25. The van der Waals surface area contributed by atoms with Gasteiger partial charge in [0.1, 0.15) is 16.2 Å². The monoisotopic (exact) mass is 293 g/mol. The van der Waals surface area contributed by atoms with E-state index < -0.39 is 0 Å². The third-order valence-corrected chi connectivity index (χ3v) is 3.37. The first-order valence-electron chi connectivity index (χ1n) is 5.26. The summed E-state index contributed by atoms with van der Waals surface area (Å²) in [6, 6.07) is 6.53. The molecule has 0 N–H and O–H groups in total. The molecule has 0 bridgehead atoms. The van der Waals surface area contributed by atoms with E-state index in [0.717, 1.165) is 22.4 Å². The van der Waals surface area contributed by atoms with Crippen LogP contribution in [0.3, 0.4) is 0 Å². The van der Waals surface area contributed by atoms with Crippen molar-refractivity contribution < 1.29 is 4.39 Å². The van der Waals surface area contributed by atoms with Crippen LogP contribution in [0, 0.1) is 5.82 Å². The van der Waals surface area contributed by atoms with Crippen LogP contribution in [0.2, 0.25) is 0 Å². The fraction of sp³-hybridized carbons (Fsp3) is 0.167. The maximum absolute atomic E-state index is 12.8. The number of nitrogens with zero attached hydrogens (tertiary/aromatic N) is 3. The Kier molecular flexibility index (Phi) is 2.55. The molecule has 2 aromatic rings. The lowest BCUT2D eigenvalue weighted by atomic mass is 9.96. The van der Waals surface area contributed by atoms with Crippen LogP contribution in [-0.4, -0.2) is 15.9 Å². The average Bonchev–Trinajstić information content (AvgIpc) is 2.72. The number of benzene rings is 1. The molecule has 0 aliphatic carbocycles. The molecule has 1 aliphatic heterocycles. The minimum absolute atomic E-state index is 0.164. The van der Waals surface area contributed by atoms with Crippen molar-refractivity contribution in [2.45, 2.75) is 12.3 Å². The second-order valence-corrected chi connectivity index (χ2v) is 4.75. The molecule has 1 atom stereocenters. The Hall–Kier alpha value is -1.49. The van der Waals surface area contributed by atoms with Gasteiger partial charge in [0, 0.05) is 18.6 Å². The molecule has 0 spiro atoms. The molecular formula is C12H9BrFN3. The van der Waals surface area contributed by atoms with Gasteiger partial charge in [-0.2, -0.15) is 5.10 Å². The van der Waals surface area contributed by atoms with E-state index in [1.807, 2.05) is 6.21 Å². The number of hydrogen-bond donors (Lipinski definition) is 0. The van der Waals surface area contributed by atoms with Crippen LogP contribution in [0.4, 0.5) is 4.39 Å². The number of imidazole rings is 1. The summed E-state index contributed by atoms with van der Waals surface area (Å²) in [5.41, 5.74) is 1.06. The van der Waals surface area contributed by atoms with E-state index in [4.69, 9.17) is 0 Å². The van der Waals surface area contributed by atoms with Gasteiger partial charge in [0.05, 0.1) is 6.20 Å². The minimum atomic E-state index is -0.217. The van der Waals surface area contributed by atoms with Gasteiger partial charge in [-0.15, -0.1) is 0 Å². The lowest BCUT2D eigenvalue weighted by Crippen LogP contribution is -2.14. The van der Waals surface area contributed by atoms with Crippen molar-refractivity contribution in [3.63, 3.8) is 0 Å². The second-order valence-electron chi connectivity index (χ2n) is 3.94. The van der Waals surface area contributed by atoms with Gasteiger partial charge in [-0.1, -0.05) is 12.1 Å². The molecule has 1 aromatic carbocycles. The maximum Gasteiger partial charge on any atom is 0.132 e. The predicted molar refractivity (Wildman–Crippen MR) is 66.7 cm³/mol. The van der Waals surface area contributed by atoms with Crippen molar-refractivity contribution >= 4 is 22.1 Å². The van der Waals surface area contributed by atoms with Crippen molar-refractivity contribution in [3.05, 3.63) is 52.3 Å². The number of rotatable bonds is 1. The molecule has 5 heteroatoms. The quantitative estimate of drug-likeness (QED) is 0.795. The van der Waals surface area contributed by atoms with Crippen LogP contribution in [0.15, 0.2) is 40.2 Å². The Balaban J connectivity index is 1.92. The zero-order valence-corrected chi connectivity index (χ0v) is 10.4. The van der Waals surface area contributed by atoms with Crippen LogP contribution in [-0.2, 0) is 6.42 Å². The van der Waals surface area contributed by atoms with Crippen LogP contribution in [0.5, 0.6) is 0 Å². The highest BCUT2D eigenvalue weighted by molar-refractivity contribution is 9.10. The minimum Gasteiger partial charge on any atom is -0.238 e. The standard InChI is InChI=1S/C12H9BrFN3/c13-11-7-15-12-5-9(6-16-17(11)12)8-1-3-10(14)4-2-8/h1-4,6-7,9H,5H2. The van der Waals surface area contributed by atoms with Gasteiger partial charge in [0.15, 0.2) is 0 Å². The smallest absolute Gasteiger partial charge is 0.132 e. The fourth-order valence-corrected chi connectivity index (χ4v) is 2.33. The van der Waals surface area contributed by atoms with E-state index in [-0.39, 0.29) is 11.7 Å². The van der Waals surface area contributed by atoms with Crippen molar-refractivity contribution in [2.24, 2.45) is 5.10 Å². The zero-order chi connectivity index (χ0) is 11.8. The summed E-state index contributed by atoms with van der Waals surface area (Å²) >= 11 is 3.37. The van der Waals surface area contributed by atoms with E-state index in [1.54, 1.807) is 23.0 Å². The van der Waals surface area contributed by atoms with Crippen molar-refractivity contribution in [3.8, 4) is 0 Å². The van der Waals surface area contributed by atoms with Crippen molar-refractivity contribution in [1.82, 2.24) is 9.66 Å². The number of aromatic nitrogens is 2. The summed E-state index contributed by atoms with van der Waals surface area (Å²) in [7, 11) is 0. The Labute approximate surface area is 106 Å². The summed E-state index contributed by atoms with van der Waals surface area (Å²) in [5.74, 6) is 0.858. The summed E-state index contributed by atoms with van der Waals surface area (Å²) in [6.07, 6.45) is 4.38. The average molecular weight is 294 g/mol. The van der Waals surface area contributed by atoms with E-state index >= 15 is 0 Å². The van der Waals surface area contributed by atoms with Gasteiger partial charge in [0.2, 0.25) is 0 Å². The molecular weight excluding hydrogens is 285 g/mol. The Morgan fingerprint density at radius 3 is 2.82 bits per heavy atom. The van der Waals surface area contributed by atoms with Gasteiger partial charge < -0.3 is 0 Å². The predicted octanol–water partition coefficient (Wildman–Crippen LogP) is 2.96. The SMILES string of the molecule is Fc1ccc(C2C=Nn3c(Br)cnc3C2)cc1. The molecule has 1 unspecified atom stereocenters. The maximum atomic E-state index is 12.8. The molecule has 1 aromatic heterocycles. The zero-order valence-electron chi connectivity index (χ0n) is 8.85. The molecule has 2 heterocycles. The molecule has 3 nitrogen and oxygen atoms in total. The third-order valence-electron chi connectivity index (χ3n) is 2.83. The first kappa shape index (κ1) is 10.7. The van der Waals surface area contributed by atoms with E-state index in [1.165, 1.54) is 12.1 Å². The summed E-state index contributed by atoms with van der Waals surface area (Å²) in [4.78, 5) is 4.28. The molecule has 0 saturated carbocycles. The summed E-state index contributed by atoms with van der Waals surface area (Å²) in [5, 5.41) is 4.32. The first-order chi connectivity index (χ1) is 8.24. The Morgan fingerprint density at radius 2 is 2.06 bits per heavy atom. The molecule has 0 radical (unpaired) electrons. The lowest BCUT2D eigenvalue weighted by Gasteiger charge is -2.17. The molecule has 17 heavy (non-hydrogen) atoms. The van der Waals surface area contributed by atoms with Gasteiger partial charge in [-0.3, -0.25) is 0 Å². The largest absolute Gasteiger partial charge is 0.238 e. The van der Waals surface area contributed by atoms with Gasteiger partial charge in [-0.05, 0) is 33.6 Å². The van der Waals surface area contributed by atoms with Gasteiger partial charge >= 0.3 is 0 Å². The lowest BCUT2D eigenvalue weighted by molar-refractivity contribution is 0.625. The number of hydrogen-bond acceptors (Lipinski definition) is 2. The van der Waals surface area contributed by atoms with Gasteiger partial charge in [-0.25, -0.2) is 14.1 Å². The summed E-state index contributed by atoms with van der Waals surface area (Å²) in [6.45, 7) is 0. The highest BCUT2D eigenvalue weighted by Gasteiger charge is 2.19. The Morgan fingerprint density at radius 1 is 1.29 bits per heavy atom. The fourth-order valence-electron chi connectivity index (χ4n) is 1.93. The van der Waals surface area contributed by atoms with E-state index in [9.17, 15) is 4.39 Å².